The van der Waals surface area contributed by atoms with E-state index in [1.54, 1.807) is 17.8 Å². The van der Waals surface area contributed by atoms with Crippen LogP contribution in [0.3, 0.4) is 0 Å². The fourth-order valence-corrected chi connectivity index (χ4v) is 4.19. The van der Waals surface area contributed by atoms with Crippen molar-refractivity contribution in [3.63, 3.8) is 0 Å². The van der Waals surface area contributed by atoms with Crippen LogP contribution in [0.4, 0.5) is 0 Å². The van der Waals surface area contributed by atoms with E-state index in [4.69, 9.17) is 0 Å². The van der Waals surface area contributed by atoms with Crippen molar-refractivity contribution in [2.45, 2.75) is 52.7 Å². The van der Waals surface area contributed by atoms with E-state index < -0.39 is 24.6 Å². The summed E-state index contributed by atoms with van der Waals surface area (Å²) in [5.41, 5.74) is 8.01. The first-order chi connectivity index (χ1) is 16.6. The molecule has 0 aliphatic heterocycles. The Morgan fingerprint density at radius 1 is 1.03 bits per heavy atom. The molecular weight excluding hydrogens is 467 g/mol. The van der Waals surface area contributed by atoms with E-state index in [-0.39, 0.29) is 36.0 Å². The van der Waals surface area contributed by atoms with E-state index in [0.717, 1.165) is 39.0 Å². The number of carboxylic acids is 1. The van der Waals surface area contributed by atoms with Crippen LogP contribution in [0.1, 0.15) is 52.0 Å². The van der Waals surface area contributed by atoms with Gasteiger partial charge in [0.15, 0.2) is 5.82 Å². The molecule has 8 nitrogen and oxygen atoms in total. The molecule has 2 aromatic carbocycles. The molecule has 0 amide bonds. The summed E-state index contributed by atoms with van der Waals surface area (Å²) in [6.07, 6.45) is 0.266. The average molecular weight is 499 g/mol. The summed E-state index contributed by atoms with van der Waals surface area (Å²) >= 11 is 0. The van der Waals surface area contributed by atoms with Crippen LogP contribution in [0.5, 0.6) is 0 Å². The number of aryl methyl sites for hydroxylation is 5. The molecule has 2 atom stereocenters. The number of aliphatic carboxylic acids is 1. The smallest absolute Gasteiger partial charge is 0.550 e. The molecule has 3 rings (SSSR count). The van der Waals surface area contributed by atoms with Crippen LogP contribution in [-0.4, -0.2) is 48.6 Å². The van der Waals surface area contributed by atoms with Gasteiger partial charge in [-0.1, -0.05) is 59.7 Å². The second kappa shape index (κ2) is 13.1. The van der Waals surface area contributed by atoms with E-state index in [1.807, 2.05) is 39.8 Å². The van der Waals surface area contributed by atoms with Crippen LogP contribution in [-0.2, 0) is 11.8 Å². The van der Waals surface area contributed by atoms with Crippen LogP contribution < -0.4 is 34.7 Å². The molecule has 184 valence electrons. The summed E-state index contributed by atoms with van der Waals surface area (Å²) in [4.78, 5) is 10.8. The number of hydrogen-bond donors (Lipinski definition) is 2. The zero-order valence-electron chi connectivity index (χ0n) is 21.7. The largest absolute Gasteiger partial charge is 1.00 e. The Kier molecular flexibility index (Phi) is 10.8. The summed E-state index contributed by atoms with van der Waals surface area (Å²) in [7, 11) is 1.74. The van der Waals surface area contributed by atoms with Crippen molar-refractivity contribution in [2.75, 3.05) is 0 Å². The van der Waals surface area contributed by atoms with Gasteiger partial charge in [0.05, 0.1) is 12.2 Å². The molecule has 0 unspecified atom stereocenters. The Labute approximate surface area is 233 Å². The van der Waals surface area contributed by atoms with Crippen LogP contribution in [0.25, 0.3) is 11.1 Å². The number of allylic oxidation sites excluding steroid dienone is 2. The number of aliphatic hydroxyl groups excluding tert-OH is 2. The first-order valence-corrected chi connectivity index (χ1v) is 11.4. The normalized spacial score (nSPS) is 12.8. The number of nitrogens with zero attached hydrogens (tertiary/aromatic N) is 4. The molecule has 0 saturated heterocycles. The molecule has 0 bridgehead atoms. The molecule has 2 N–H and O–H groups in total. The number of carbonyl (C=O) groups excluding carboxylic acids is 1. The predicted octanol–water partition coefficient (Wildman–Crippen LogP) is -0.785. The number of carbonyl (C=O) groups is 1. The van der Waals surface area contributed by atoms with E-state index in [9.17, 15) is 20.1 Å². The number of benzene rings is 2. The molecule has 0 spiro atoms. The number of rotatable bonds is 9. The van der Waals surface area contributed by atoms with Crippen LogP contribution >= 0.6 is 0 Å². The van der Waals surface area contributed by atoms with Gasteiger partial charge in [0.2, 0.25) is 0 Å². The van der Waals surface area contributed by atoms with Crippen LogP contribution in [0.15, 0.2) is 48.6 Å². The number of aromatic nitrogens is 4. The van der Waals surface area contributed by atoms with Crippen LogP contribution in [0.2, 0.25) is 0 Å². The SMILES string of the molecule is Cc1ccc(C(=C(/C=C/[C@@H](O)C[C@@H](O)CC(=O)[O-])c2nnnn2C)c2ccc(C)cc2C)c(C)c1.[Na+]. The average Bonchev–Trinajstić information content (AvgIpc) is 3.17. The van der Waals surface area contributed by atoms with Gasteiger partial charge < -0.3 is 20.1 Å². The van der Waals surface area contributed by atoms with Crippen molar-refractivity contribution in [1.82, 2.24) is 20.2 Å². The summed E-state index contributed by atoms with van der Waals surface area (Å²) < 4.78 is 1.56. The molecule has 36 heavy (non-hydrogen) atoms. The third-order valence-corrected chi connectivity index (χ3v) is 5.83. The molecule has 3 aromatic rings. The van der Waals surface area contributed by atoms with E-state index in [2.05, 4.69) is 39.8 Å². The monoisotopic (exact) mass is 498 g/mol. The van der Waals surface area contributed by atoms with Gasteiger partial charge in [-0.15, -0.1) is 5.10 Å². The van der Waals surface area contributed by atoms with Gasteiger partial charge in [-0.05, 0) is 60.4 Å². The Bertz CT molecular complexity index is 1230. The molecule has 1 heterocycles. The number of carboxylic acid groups (broad SMARTS) is 1. The second-order valence-electron chi connectivity index (χ2n) is 8.94. The maximum absolute atomic E-state index is 10.8. The van der Waals surface area contributed by atoms with Gasteiger partial charge in [0, 0.05) is 37.0 Å². The Morgan fingerprint density at radius 3 is 2.03 bits per heavy atom. The molecule has 0 aliphatic rings. The minimum atomic E-state index is -1.37. The topological polar surface area (TPSA) is 124 Å². The summed E-state index contributed by atoms with van der Waals surface area (Å²) in [6.45, 7) is 8.18. The third kappa shape index (κ3) is 7.44. The summed E-state index contributed by atoms with van der Waals surface area (Å²) in [5, 5.41) is 43.2. The molecule has 1 aromatic heterocycles. The number of tetrazole rings is 1. The Morgan fingerprint density at radius 2 is 1.58 bits per heavy atom. The van der Waals surface area contributed by atoms with E-state index in [1.165, 1.54) is 6.08 Å². The van der Waals surface area contributed by atoms with Gasteiger partial charge >= 0.3 is 29.6 Å². The summed E-state index contributed by atoms with van der Waals surface area (Å²) in [5.74, 6) is -0.870. The van der Waals surface area contributed by atoms with Gasteiger partial charge in [0.25, 0.3) is 0 Å². The fraction of sp³-hybridized carbons (Fsp3) is 0.333. The number of aliphatic hydroxyl groups is 2. The van der Waals surface area contributed by atoms with Gasteiger partial charge in [-0.2, -0.15) is 0 Å². The minimum absolute atomic E-state index is 0. The fourth-order valence-electron chi connectivity index (χ4n) is 4.19. The van der Waals surface area contributed by atoms with Crippen molar-refractivity contribution in [1.29, 1.82) is 0 Å². The maximum atomic E-state index is 10.8. The zero-order valence-corrected chi connectivity index (χ0v) is 23.7. The van der Waals surface area contributed by atoms with Crippen molar-refractivity contribution >= 4 is 17.1 Å². The summed E-state index contributed by atoms with van der Waals surface area (Å²) in [6, 6.07) is 12.5. The predicted molar refractivity (Wildman–Crippen MR) is 132 cm³/mol. The maximum Gasteiger partial charge on any atom is 1.00 e. The van der Waals surface area contributed by atoms with Crippen molar-refractivity contribution < 1.29 is 49.7 Å². The zero-order chi connectivity index (χ0) is 25.7. The quantitative estimate of drug-likeness (QED) is 0.293. The minimum Gasteiger partial charge on any atom is -0.550 e. The van der Waals surface area contributed by atoms with Gasteiger partial charge in [-0.25, -0.2) is 4.68 Å². The molecule has 9 heteroatoms. The number of hydrogen-bond acceptors (Lipinski definition) is 7. The Hall–Kier alpha value is -2.62. The Balaban J connectivity index is 0.00000456. The molecule has 0 saturated carbocycles. The van der Waals surface area contributed by atoms with E-state index in [0.29, 0.717) is 11.4 Å². The second-order valence-corrected chi connectivity index (χ2v) is 8.94. The molecule has 0 radical (unpaired) electrons. The van der Waals surface area contributed by atoms with Gasteiger partial charge in [0.1, 0.15) is 0 Å². The third-order valence-electron chi connectivity index (χ3n) is 5.83. The standard InChI is InChI=1S/C27H32N4O4.Na/c1-16-6-9-22(18(3)12-16)26(23-10-7-17(2)13-19(23)4)24(27-28-29-30-31(27)5)11-8-20(32)14-21(33)15-25(34)35;/h6-13,20-21,32-33H,14-15H2,1-5H3,(H,34,35);/q;+1/p-1/b11-8+;/t20-,21-;/m1./s1. The molecular formula is C27H31N4NaO4. The van der Waals surface area contributed by atoms with E-state index >= 15 is 0 Å². The van der Waals surface area contributed by atoms with Crippen molar-refractivity contribution in [2.24, 2.45) is 7.05 Å². The first-order valence-electron chi connectivity index (χ1n) is 11.4. The first kappa shape index (κ1) is 29.6. The van der Waals surface area contributed by atoms with Gasteiger partial charge in [-0.3, -0.25) is 0 Å². The van der Waals surface area contributed by atoms with Crippen molar-refractivity contribution in [3.05, 3.63) is 87.8 Å². The molecule has 0 fully saturated rings. The van der Waals surface area contributed by atoms with Crippen LogP contribution in [0, 0.1) is 27.7 Å². The molecule has 0 aliphatic carbocycles. The van der Waals surface area contributed by atoms with Crippen molar-refractivity contribution in [3.8, 4) is 0 Å².